The van der Waals surface area contributed by atoms with Gasteiger partial charge in [0.25, 0.3) is 0 Å². The van der Waals surface area contributed by atoms with Crippen molar-refractivity contribution in [3.63, 3.8) is 0 Å². The lowest BCUT2D eigenvalue weighted by Gasteiger charge is -2.21. The van der Waals surface area contributed by atoms with Crippen LogP contribution in [-0.2, 0) is 4.79 Å². The third-order valence-electron chi connectivity index (χ3n) is 2.83. The van der Waals surface area contributed by atoms with E-state index in [1.807, 2.05) is 13.8 Å². The molecule has 0 aliphatic carbocycles. The SMILES string of the molecule is CC(C)C(=O)NCCNC(c1cccs1)C(C)C. The van der Waals surface area contributed by atoms with Crippen LogP contribution in [-0.4, -0.2) is 19.0 Å². The van der Waals surface area contributed by atoms with Crippen molar-refractivity contribution in [2.45, 2.75) is 33.7 Å². The molecule has 0 spiro atoms. The lowest BCUT2D eigenvalue weighted by molar-refractivity contribution is -0.123. The summed E-state index contributed by atoms with van der Waals surface area (Å²) in [5.41, 5.74) is 0. The van der Waals surface area contributed by atoms with Gasteiger partial charge in [-0.15, -0.1) is 11.3 Å². The number of carbonyl (C=O) groups excluding carboxylic acids is 1. The maximum Gasteiger partial charge on any atom is 0.222 e. The molecule has 4 heteroatoms. The highest BCUT2D eigenvalue weighted by atomic mass is 32.1. The first-order valence-corrected chi connectivity index (χ1v) is 7.44. The molecule has 0 saturated carbocycles. The van der Waals surface area contributed by atoms with Crippen molar-refractivity contribution >= 4 is 17.2 Å². The van der Waals surface area contributed by atoms with Crippen molar-refractivity contribution in [3.05, 3.63) is 22.4 Å². The van der Waals surface area contributed by atoms with Crippen LogP contribution < -0.4 is 10.6 Å². The molecule has 1 aromatic rings. The molecule has 1 heterocycles. The molecule has 0 aliphatic rings. The molecule has 1 unspecified atom stereocenters. The van der Waals surface area contributed by atoms with E-state index in [1.165, 1.54) is 4.88 Å². The van der Waals surface area contributed by atoms with E-state index in [1.54, 1.807) is 11.3 Å². The van der Waals surface area contributed by atoms with E-state index in [2.05, 4.69) is 42.0 Å². The van der Waals surface area contributed by atoms with E-state index in [4.69, 9.17) is 0 Å². The second kappa shape index (κ2) is 7.54. The lowest BCUT2D eigenvalue weighted by Crippen LogP contribution is -2.36. The third-order valence-corrected chi connectivity index (χ3v) is 3.78. The number of nitrogens with one attached hydrogen (secondary N) is 2. The molecule has 3 nitrogen and oxygen atoms in total. The number of carbonyl (C=O) groups is 1. The van der Waals surface area contributed by atoms with Gasteiger partial charge in [-0.05, 0) is 17.4 Å². The molecular weight excluding hydrogens is 244 g/mol. The highest BCUT2D eigenvalue weighted by molar-refractivity contribution is 7.10. The molecule has 2 N–H and O–H groups in total. The second-order valence-electron chi connectivity index (χ2n) is 5.14. The van der Waals surface area contributed by atoms with Crippen LogP contribution in [0.25, 0.3) is 0 Å². The van der Waals surface area contributed by atoms with E-state index in [0.29, 0.717) is 18.5 Å². The van der Waals surface area contributed by atoms with Crippen molar-refractivity contribution in [1.29, 1.82) is 0 Å². The Hall–Kier alpha value is -0.870. The van der Waals surface area contributed by atoms with Gasteiger partial charge in [0.15, 0.2) is 0 Å². The molecule has 0 bridgehead atoms. The third kappa shape index (κ3) is 4.78. The van der Waals surface area contributed by atoms with Crippen molar-refractivity contribution in [2.75, 3.05) is 13.1 Å². The van der Waals surface area contributed by atoms with Crippen molar-refractivity contribution in [3.8, 4) is 0 Å². The Labute approximate surface area is 114 Å². The summed E-state index contributed by atoms with van der Waals surface area (Å²) in [4.78, 5) is 12.8. The topological polar surface area (TPSA) is 41.1 Å². The van der Waals surface area contributed by atoms with Gasteiger partial charge >= 0.3 is 0 Å². The Bertz CT molecular complexity index is 347. The summed E-state index contributed by atoms with van der Waals surface area (Å²) in [5, 5.41) is 8.54. The highest BCUT2D eigenvalue weighted by Gasteiger charge is 2.15. The molecular formula is C14H24N2OS. The fourth-order valence-corrected chi connectivity index (χ4v) is 2.72. The van der Waals surface area contributed by atoms with E-state index in [0.717, 1.165) is 6.54 Å². The summed E-state index contributed by atoms with van der Waals surface area (Å²) in [7, 11) is 0. The smallest absolute Gasteiger partial charge is 0.222 e. The van der Waals surface area contributed by atoms with Gasteiger partial charge in [-0.2, -0.15) is 0 Å². The summed E-state index contributed by atoms with van der Waals surface area (Å²) in [6.07, 6.45) is 0. The standard InChI is InChI=1S/C14H24N2OS/c1-10(2)13(12-6-5-9-18-12)15-7-8-16-14(17)11(3)4/h5-6,9-11,13,15H,7-8H2,1-4H3,(H,16,17). The quantitative estimate of drug-likeness (QED) is 0.747. The second-order valence-corrected chi connectivity index (χ2v) is 6.12. The van der Waals surface area contributed by atoms with Crippen LogP contribution in [0.15, 0.2) is 17.5 Å². The maximum atomic E-state index is 11.4. The fourth-order valence-electron chi connectivity index (χ4n) is 1.75. The lowest BCUT2D eigenvalue weighted by atomic mass is 10.0. The van der Waals surface area contributed by atoms with E-state index in [9.17, 15) is 4.79 Å². The highest BCUT2D eigenvalue weighted by Crippen LogP contribution is 2.25. The maximum absolute atomic E-state index is 11.4. The van der Waals surface area contributed by atoms with Crippen LogP contribution in [0.3, 0.4) is 0 Å². The van der Waals surface area contributed by atoms with E-state index in [-0.39, 0.29) is 11.8 Å². The molecule has 1 amide bonds. The fraction of sp³-hybridized carbons (Fsp3) is 0.643. The molecule has 1 aromatic heterocycles. The molecule has 0 aliphatic heterocycles. The van der Waals surface area contributed by atoms with Crippen LogP contribution >= 0.6 is 11.3 Å². The summed E-state index contributed by atoms with van der Waals surface area (Å²) < 4.78 is 0. The van der Waals surface area contributed by atoms with Crippen molar-refractivity contribution in [2.24, 2.45) is 11.8 Å². The summed E-state index contributed by atoms with van der Waals surface area (Å²) in [5.74, 6) is 0.724. The minimum Gasteiger partial charge on any atom is -0.355 e. The minimum atomic E-state index is 0.0585. The van der Waals surface area contributed by atoms with Gasteiger partial charge < -0.3 is 10.6 Å². The van der Waals surface area contributed by atoms with Crippen LogP contribution in [0, 0.1) is 11.8 Å². The predicted octanol–water partition coefficient (Wildman–Crippen LogP) is 2.81. The summed E-state index contributed by atoms with van der Waals surface area (Å²) in [6, 6.07) is 4.62. The Kier molecular flexibility index (Phi) is 6.36. The van der Waals surface area contributed by atoms with Crippen LogP contribution in [0.1, 0.15) is 38.6 Å². The minimum absolute atomic E-state index is 0.0585. The van der Waals surface area contributed by atoms with Gasteiger partial charge in [-0.3, -0.25) is 4.79 Å². The van der Waals surface area contributed by atoms with Crippen molar-refractivity contribution in [1.82, 2.24) is 10.6 Å². The zero-order valence-electron chi connectivity index (χ0n) is 11.7. The molecule has 0 radical (unpaired) electrons. The van der Waals surface area contributed by atoms with Crippen molar-refractivity contribution < 1.29 is 4.79 Å². The normalized spacial score (nSPS) is 13.0. The van der Waals surface area contributed by atoms with Crippen LogP contribution in [0.2, 0.25) is 0 Å². The van der Waals surface area contributed by atoms with Crippen LogP contribution in [0.5, 0.6) is 0 Å². The average Bonchev–Trinajstić information content (AvgIpc) is 2.81. The van der Waals surface area contributed by atoms with Gasteiger partial charge in [0.1, 0.15) is 0 Å². The number of amides is 1. The van der Waals surface area contributed by atoms with Gasteiger partial charge in [0, 0.05) is 29.9 Å². The number of hydrogen-bond acceptors (Lipinski definition) is 3. The zero-order valence-corrected chi connectivity index (χ0v) is 12.5. The Morgan fingerprint density at radius 3 is 2.50 bits per heavy atom. The van der Waals surface area contributed by atoms with E-state index >= 15 is 0 Å². The molecule has 102 valence electrons. The predicted molar refractivity (Wildman–Crippen MR) is 77.7 cm³/mol. The largest absolute Gasteiger partial charge is 0.355 e. The van der Waals surface area contributed by atoms with Gasteiger partial charge in [-0.1, -0.05) is 33.8 Å². The van der Waals surface area contributed by atoms with Crippen LogP contribution in [0.4, 0.5) is 0 Å². The Balaban J connectivity index is 2.34. The first-order valence-electron chi connectivity index (χ1n) is 6.57. The first kappa shape index (κ1) is 15.2. The molecule has 0 aromatic carbocycles. The molecule has 0 fully saturated rings. The molecule has 1 atom stereocenters. The monoisotopic (exact) mass is 268 g/mol. The number of hydrogen-bond donors (Lipinski definition) is 2. The van der Waals surface area contributed by atoms with Gasteiger partial charge in [-0.25, -0.2) is 0 Å². The van der Waals surface area contributed by atoms with Gasteiger partial charge in [0.2, 0.25) is 5.91 Å². The molecule has 0 saturated heterocycles. The average molecular weight is 268 g/mol. The molecule has 18 heavy (non-hydrogen) atoms. The Morgan fingerprint density at radius 2 is 2.00 bits per heavy atom. The summed E-state index contributed by atoms with van der Waals surface area (Å²) in [6.45, 7) is 9.73. The Morgan fingerprint density at radius 1 is 1.28 bits per heavy atom. The number of rotatable bonds is 7. The zero-order chi connectivity index (χ0) is 13.5. The first-order chi connectivity index (χ1) is 8.52. The summed E-state index contributed by atoms with van der Waals surface area (Å²) >= 11 is 1.78. The number of thiophene rings is 1. The van der Waals surface area contributed by atoms with E-state index < -0.39 is 0 Å². The van der Waals surface area contributed by atoms with Gasteiger partial charge in [0.05, 0.1) is 0 Å². The molecule has 1 rings (SSSR count).